The standard InChI is InChI=1S/C20H19ClF2N4O4S/c1-11(16-10-25-19(28)14-4-2-12(22)8-15(14)16)27(6-7-32(24,30)31)20(29)26-13-3-5-18(23)17(21)9-13/h2-5,8-11H,6-7H2,1H3,(H,25,28)(H,26,29)(H2,24,30,31)/t11-/m1/s1. The van der Waals surface area contributed by atoms with Gasteiger partial charge in [-0.25, -0.2) is 27.1 Å². The summed E-state index contributed by atoms with van der Waals surface area (Å²) in [7, 11) is -3.92. The predicted molar refractivity (Wildman–Crippen MR) is 118 cm³/mol. The molecule has 3 rings (SSSR count). The zero-order chi connectivity index (χ0) is 23.6. The molecule has 32 heavy (non-hydrogen) atoms. The number of carbonyl (C=O) groups excluding carboxylic acids is 1. The van der Waals surface area contributed by atoms with Gasteiger partial charge in [-0.1, -0.05) is 11.6 Å². The molecule has 2 amide bonds. The van der Waals surface area contributed by atoms with E-state index in [1.807, 2.05) is 0 Å². The van der Waals surface area contributed by atoms with Crippen LogP contribution >= 0.6 is 11.6 Å². The zero-order valence-electron chi connectivity index (χ0n) is 16.7. The molecule has 0 aliphatic carbocycles. The van der Waals surface area contributed by atoms with E-state index in [4.69, 9.17) is 16.7 Å². The third kappa shape index (κ3) is 5.42. The summed E-state index contributed by atoms with van der Waals surface area (Å²) in [5.41, 5.74) is 0.102. The van der Waals surface area contributed by atoms with Gasteiger partial charge in [0.1, 0.15) is 11.6 Å². The Bertz CT molecular complexity index is 1350. The van der Waals surface area contributed by atoms with E-state index < -0.39 is 45.0 Å². The average Bonchev–Trinajstić information content (AvgIpc) is 2.70. The molecule has 170 valence electrons. The third-order valence-corrected chi connectivity index (χ3v) is 5.90. The van der Waals surface area contributed by atoms with Gasteiger partial charge < -0.3 is 15.2 Å². The first-order valence-electron chi connectivity index (χ1n) is 9.30. The number of pyridine rings is 1. The molecule has 0 aliphatic heterocycles. The number of rotatable bonds is 6. The van der Waals surface area contributed by atoms with E-state index in [1.54, 1.807) is 6.92 Å². The molecule has 0 radical (unpaired) electrons. The molecule has 0 unspecified atom stereocenters. The second-order valence-corrected chi connectivity index (χ2v) is 9.20. The molecule has 1 aromatic heterocycles. The smallest absolute Gasteiger partial charge is 0.322 e. The Labute approximate surface area is 187 Å². The van der Waals surface area contributed by atoms with Crippen molar-refractivity contribution in [2.75, 3.05) is 17.6 Å². The molecule has 0 spiro atoms. The van der Waals surface area contributed by atoms with Gasteiger partial charge in [0.25, 0.3) is 5.56 Å². The van der Waals surface area contributed by atoms with Crippen molar-refractivity contribution < 1.29 is 22.0 Å². The summed E-state index contributed by atoms with van der Waals surface area (Å²) in [5, 5.41) is 7.87. The number of anilines is 1. The zero-order valence-corrected chi connectivity index (χ0v) is 18.3. The maximum Gasteiger partial charge on any atom is 0.322 e. The topological polar surface area (TPSA) is 125 Å². The highest BCUT2D eigenvalue weighted by Gasteiger charge is 2.25. The van der Waals surface area contributed by atoms with E-state index in [1.165, 1.54) is 24.4 Å². The molecule has 3 aromatic rings. The van der Waals surface area contributed by atoms with Crippen LogP contribution in [0.15, 0.2) is 47.4 Å². The van der Waals surface area contributed by atoms with Gasteiger partial charge >= 0.3 is 6.03 Å². The molecule has 0 aliphatic rings. The lowest BCUT2D eigenvalue weighted by atomic mass is 10.0. The Kier molecular flexibility index (Phi) is 6.82. The number of sulfonamides is 1. The van der Waals surface area contributed by atoms with Crippen molar-refractivity contribution in [1.82, 2.24) is 9.88 Å². The van der Waals surface area contributed by atoms with Gasteiger partial charge in [-0.15, -0.1) is 0 Å². The van der Waals surface area contributed by atoms with Crippen molar-refractivity contribution in [1.29, 1.82) is 0 Å². The van der Waals surface area contributed by atoms with Gasteiger partial charge in [-0.05, 0) is 54.3 Å². The number of urea groups is 1. The first kappa shape index (κ1) is 23.6. The van der Waals surface area contributed by atoms with Crippen LogP contribution in [-0.2, 0) is 10.0 Å². The van der Waals surface area contributed by atoms with Gasteiger partial charge in [-0.3, -0.25) is 4.79 Å². The Morgan fingerprint density at radius 3 is 2.59 bits per heavy atom. The van der Waals surface area contributed by atoms with Crippen LogP contribution in [0.1, 0.15) is 18.5 Å². The second kappa shape index (κ2) is 9.23. The maximum absolute atomic E-state index is 13.9. The Hall–Kier alpha value is -3.02. The van der Waals surface area contributed by atoms with E-state index in [-0.39, 0.29) is 28.0 Å². The van der Waals surface area contributed by atoms with Crippen molar-refractivity contribution >= 4 is 44.1 Å². The molecule has 0 fully saturated rings. The summed E-state index contributed by atoms with van der Waals surface area (Å²) in [5.74, 6) is -1.81. The monoisotopic (exact) mass is 484 g/mol. The molecule has 1 heterocycles. The predicted octanol–water partition coefficient (Wildman–Crippen LogP) is 3.34. The molecule has 2 aromatic carbocycles. The summed E-state index contributed by atoms with van der Waals surface area (Å²) < 4.78 is 50.3. The van der Waals surface area contributed by atoms with Crippen LogP contribution in [0.2, 0.25) is 5.02 Å². The van der Waals surface area contributed by atoms with Crippen molar-refractivity contribution in [2.24, 2.45) is 5.14 Å². The van der Waals surface area contributed by atoms with Gasteiger partial charge in [0.05, 0.1) is 16.8 Å². The van der Waals surface area contributed by atoms with E-state index in [9.17, 15) is 26.8 Å². The number of fused-ring (bicyclic) bond motifs is 1. The molecule has 0 saturated carbocycles. The average molecular weight is 485 g/mol. The summed E-state index contributed by atoms with van der Waals surface area (Å²) in [4.78, 5) is 28.8. The van der Waals surface area contributed by atoms with E-state index in [0.717, 1.165) is 23.1 Å². The van der Waals surface area contributed by atoms with Crippen LogP contribution < -0.4 is 16.0 Å². The largest absolute Gasteiger partial charge is 0.328 e. The summed E-state index contributed by atoms with van der Waals surface area (Å²) in [6, 6.07) is 5.60. The number of nitrogens with one attached hydrogen (secondary N) is 2. The van der Waals surface area contributed by atoms with Crippen molar-refractivity contribution in [3.63, 3.8) is 0 Å². The van der Waals surface area contributed by atoms with Crippen molar-refractivity contribution in [3.05, 3.63) is 75.2 Å². The SMILES string of the molecule is C[C@H](c1c[nH]c(=O)c2ccc(F)cc12)N(CCS(N)(=O)=O)C(=O)Nc1ccc(F)c(Cl)c1. The highest BCUT2D eigenvalue weighted by Crippen LogP contribution is 2.28. The first-order chi connectivity index (χ1) is 15.0. The van der Waals surface area contributed by atoms with E-state index in [2.05, 4.69) is 10.3 Å². The van der Waals surface area contributed by atoms with Crippen molar-refractivity contribution in [2.45, 2.75) is 13.0 Å². The van der Waals surface area contributed by atoms with Crippen molar-refractivity contribution in [3.8, 4) is 0 Å². The van der Waals surface area contributed by atoms with Gasteiger partial charge in [0.2, 0.25) is 10.0 Å². The third-order valence-electron chi connectivity index (χ3n) is 4.86. The Balaban J connectivity index is 2.01. The number of amides is 2. The normalized spacial score (nSPS) is 12.5. The minimum Gasteiger partial charge on any atom is -0.328 e. The van der Waals surface area contributed by atoms with Crippen LogP contribution in [0, 0.1) is 11.6 Å². The van der Waals surface area contributed by atoms with E-state index in [0.29, 0.717) is 5.56 Å². The Morgan fingerprint density at radius 1 is 1.22 bits per heavy atom. The lowest BCUT2D eigenvalue weighted by molar-refractivity contribution is 0.197. The molecule has 1 atom stereocenters. The fourth-order valence-electron chi connectivity index (χ4n) is 3.23. The number of H-pyrrole nitrogens is 1. The number of primary sulfonamides is 1. The van der Waals surface area contributed by atoms with Crippen LogP contribution in [0.4, 0.5) is 19.3 Å². The van der Waals surface area contributed by atoms with Gasteiger partial charge in [0, 0.05) is 23.8 Å². The minimum absolute atomic E-state index is 0.173. The number of aromatic amines is 1. The molecule has 4 N–H and O–H groups in total. The quantitative estimate of drug-likeness (QED) is 0.496. The van der Waals surface area contributed by atoms with Crippen LogP contribution in [0.5, 0.6) is 0 Å². The number of benzene rings is 2. The number of halogens is 3. The maximum atomic E-state index is 13.9. The Morgan fingerprint density at radius 2 is 1.94 bits per heavy atom. The summed E-state index contributed by atoms with van der Waals surface area (Å²) in [6.45, 7) is 1.27. The van der Waals surface area contributed by atoms with Gasteiger partial charge in [-0.2, -0.15) is 0 Å². The van der Waals surface area contributed by atoms with Crippen LogP contribution in [0.25, 0.3) is 10.8 Å². The van der Waals surface area contributed by atoms with Crippen LogP contribution in [-0.4, -0.2) is 36.6 Å². The number of carbonyl (C=O) groups is 1. The number of aromatic nitrogens is 1. The highest BCUT2D eigenvalue weighted by molar-refractivity contribution is 7.89. The molecule has 0 saturated heterocycles. The van der Waals surface area contributed by atoms with Gasteiger partial charge in [0.15, 0.2) is 0 Å². The lowest BCUT2D eigenvalue weighted by Crippen LogP contribution is -2.41. The fraction of sp³-hybridized carbons (Fsp3) is 0.200. The lowest BCUT2D eigenvalue weighted by Gasteiger charge is -2.30. The van der Waals surface area contributed by atoms with E-state index >= 15 is 0 Å². The number of hydrogen-bond acceptors (Lipinski definition) is 4. The first-order valence-corrected chi connectivity index (χ1v) is 11.4. The number of nitrogens with two attached hydrogens (primary N) is 1. The number of nitrogens with zero attached hydrogens (tertiary/aromatic N) is 1. The number of hydrogen-bond donors (Lipinski definition) is 3. The van der Waals surface area contributed by atoms with Crippen LogP contribution in [0.3, 0.4) is 0 Å². The molecular formula is C20H19ClF2N4O4S. The minimum atomic E-state index is -3.92. The summed E-state index contributed by atoms with van der Waals surface area (Å²) >= 11 is 5.75. The molecule has 8 nitrogen and oxygen atoms in total. The summed E-state index contributed by atoms with van der Waals surface area (Å²) in [6.07, 6.45) is 1.33. The molecule has 0 bridgehead atoms. The molecular weight excluding hydrogens is 466 g/mol. The second-order valence-electron chi connectivity index (χ2n) is 7.06. The fourth-order valence-corrected chi connectivity index (χ4v) is 3.86. The molecule has 12 heteroatoms. The highest BCUT2D eigenvalue weighted by atomic mass is 35.5.